The third-order valence-electron chi connectivity index (χ3n) is 6.94. The maximum atomic E-state index is 6.83. The minimum Gasteiger partial charge on any atom is -0.414 e. The summed E-state index contributed by atoms with van der Waals surface area (Å²) in [6, 6.07) is 0. The van der Waals surface area contributed by atoms with E-state index in [2.05, 4.69) is 40.4 Å². The van der Waals surface area contributed by atoms with Gasteiger partial charge in [0.25, 0.3) is 0 Å². The molecule has 3 saturated carbocycles. The number of allylic oxidation sites excluding steroid dienone is 1. The van der Waals surface area contributed by atoms with Crippen molar-refractivity contribution >= 4 is 8.32 Å². The minimum absolute atomic E-state index is 0.336. The van der Waals surface area contributed by atoms with Gasteiger partial charge >= 0.3 is 0 Å². The molecule has 0 N–H and O–H groups in total. The molecule has 0 radical (unpaired) electrons. The number of rotatable bonds is 2. The third-order valence-corrected chi connectivity index (χ3v) is 11.4. The summed E-state index contributed by atoms with van der Waals surface area (Å²) < 4.78 is 6.83. The summed E-state index contributed by atoms with van der Waals surface area (Å²) in [5.74, 6) is 3.55. The molecule has 0 aliphatic heterocycles. The van der Waals surface area contributed by atoms with Gasteiger partial charge in [0.1, 0.15) is 0 Å². The summed E-state index contributed by atoms with van der Waals surface area (Å²) in [4.78, 5) is 0. The molecule has 1 nitrogen and oxygen atoms in total. The summed E-state index contributed by atoms with van der Waals surface area (Å²) in [7, 11) is -1.61. The molecule has 3 aliphatic carbocycles. The van der Waals surface area contributed by atoms with Crippen LogP contribution >= 0.6 is 0 Å². The zero-order valence-corrected chi connectivity index (χ0v) is 15.0. The fraction of sp³-hybridized carbons (Fsp3) is 0.889. The molecule has 5 atom stereocenters. The minimum atomic E-state index is -1.61. The molecule has 0 aromatic carbocycles. The lowest BCUT2D eigenvalue weighted by molar-refractivity contribution is 0.105. The molecule has 114 valence electrons. The van der Waals surface area contributed by atoms with Crippen molar-refractivity contribution in [2.24, 2.45) is 23.7 Å². The fourth-order valence-electron chi connectivity index (χ4n) is 4.83. The Morgan fingerprint density at radius 2 is 1.85 bits per heavy atom. The lowest BCUT2D eigenvalue weighted by Gasteiger charge is -2.40. The fourth-order valence-corrected chi connectivity index (χ4v) is 6.21. The van der Waals surface area contributed by atoms with Crippen molar-refractivity contribution in [3.05, 3.63) is 12.2 Å². The van der Waals surface area contributed by atoms with E-state index in [1.165, 1.54) is 32.1 Å². The van der Waals surface area contributed by atoms with Crippen molar-refractivity contribution < 1.29 is 4.43 Å². The van der Waals surface area contributed by atoms with Gasteiger partial charge < -0.3 is 4.43 Å². The zero-order valence-electron chi connectivity index (χ0n) is 14.0. The van der Waals surface area contributed by atoms with Crippen LogP contribution in [0.2, 0.25) is 18.1 Å². The molecule has 2 heteroatoms. The molecule has 0 heterocycles. The summed E-state index contributed by atoms with van der Waals surface area (Å²) in [6.45, 7) is 16.2. The van der Waals surface area contributed by atoms with Gasteiger partial charge in [-0.3, -0.25) is 0 Å². The summed E-state index contributed by atoms with van der Waals surface area (Å²) in [5, 5.41) is 0.336. The highest BCUT2D eigenvalue weighted by molar-refractivity contribution is 6.74. The molecule has 3 rings (SSSR count). The Bertz CT molecular complexity index is 406. The molecule has 0 amide bonds. The van der Waals surface area contributed by atoms with Crippen molar-refractivity contribution in [2.45, 2.75) is 77.1 Å². The molecule has 3 fully saturated rings. The Balaban J connectivity index is 1.75. The van der Waals surface area contributed by atoms with Crippen LogP contribution in [0.15, 0.2) is 12.2 Å². The van der Waals surface area contributed by atoms with Gasteiger partial charge in [-0.1, -0.05) is 32.9 Å². The summed E-state index contributed by atoms with van der Waals surface area (Å²) in [5.41, 5.74) is 1.55. The van der Waals surface area contributed by atoms with E-state index in [0.717, 1.165) is 23.7 Å². The van der Waals surface area contributed by atoms with Crippen LogP contribution in [-0.4, -0.2) is 14.4 Å². The molecule has 3 aliphatic rings. The Morgan fingerprint density at radius 1 is 1.15 bits per heavy atom. The molecule has 0 aromatic rings. The average Bonchev–Trinajstić information content (AvgIpc) is 2.93. The Hall–Kier alpha value is -0.0831. The Kier molecular flexibility index (Phi) is 3.49. The first-order valence-electron chi connectivity index (χ1n) is 8.56. The van der Waals surface area contributed by atoms with Crippen LogP contribution in [0, 0.1) is 23.7 Å². The van der Waals surface area contributed by atoms with Crippen LogP contribution in [0.4, 0.5) is 0 Å². The number of hydrogen-bond acceptors (Lipinski definition) is 1. The van der Waals surface area contributed by atoms with E-state index in [-0.39, 0.29) is 0 Å². The zero-order chi connectivity index (χ0) is 14.7. The first-order valence-corrected chi connectivity index (χ1v) is 11.5. The van der Waals surface area contributed by atoms with Gasteiger partial charge in [-0.25, -0.2) is 0 Å². The van der Waals surface area contributed by atoms with Crippen LogP contribution in [0.3, 0.4) is 0 Å². The quantitative estimate of drug-likeness (QED) is 0.490. The van der Waals surface area contributed by atoms with Gasteiger partial charge in [-0.15, -0.1) is 0 Å². The topological polar surface area (TPSA) is 9.23 Å². The highest BCUT2D eigenvalue weighted by Crippen LogP contribution is 2.59. The van der Waals surface area contributed by atoms with Crippen molar-refractivity contribution in [1.29, 1.82) is 0 Å². The highest BCUT2D eigenvalue weighted by Gasteiger charge is 2.54. The lowest BCUT2D eigenvalue weighted by Crippen LogP contribution is -2.45. The van der Waals surface area contributed by atoms with Gasteiger partial charge in [0.05, 0.1) is 0 Å². The number of hydrogen-bond donors (Lipinski definition) is 0. The second-order valence-corrected chi connectivity index (χ2v) is 13.8. The molecule has 0 unspecified atom stereocenters. The maximum absolute atomic E-state index is 6.83. The smallest absolute Gasteiger partial charge is 0.192 e. The second-order valence-electron chi connectivity index (χ2n) is 9.03. The van der Waals surface area contributed by atoms with E-state index < -0.39 is 8.32 Å². The van der Waals surface area contributed by atoms with Gasteiger partial charge in [0.15, 0.2) is 8.32 Å². The predicted octanol–water partition coefficient (Wildman–Crippen LogP) is 5.39. The largest absolute Gasteiger partial charge is 0.414 e. The standard InChI is InChI=1S/C18H32OSi/c1-12-7-9-14-15(12)11-13-8-10-16(17(13)14)19-20(5,6)18(2,3)4/h13-17H,1,7-11H2,2-6H3/t13-,14+,15-,16+,17-/m0/s1. The van der Waals surface area contributed by atoms with E-state index in [9.17, 15) is 0 Å². The van der Waals surface area contributed by atoms with Crippen LogP contribution in [0.1, 0.15) is 52.9 Å². The van der Waals surface area contributed by atoms with E-state index in [1.54, 1.807) is 5.57 Å². The van der Waals surface area contributed by atoms with Crippen LogP contribution in [0.25, 0.3) is 0 Å². The van der Waals surface area contributed by atoms with Crippen molar-refractivity contribution in [2.75, 3.05) is 0 Å². The van der Waals surface area contributed by atoms with Gasteiger partial charge in [-0.05, 0) is 73.9 Å². The van der Waals surface area contributed by atoms with E-state index in [0.29, 0.717) is 11.1 Å². The van der Waals surface area contributed by atoms with Gasteiger partial charge in [0, 0.05) is 6.10 Å². The first kappa shape index (κ1) is 14.8. The predicted molar refractivity (Wildman–Crippen MR) is 88.3 cm³/mol. The van der Waals surface area contributed by atoms with Crippen molar-refractivity contribution in [1.82, 2.24) is 0 Å². The highest BCUT2D eigenvalue weighted by atomic mass is 28.4. The maximum Gasteiger partial charge on any atom is 0.192 e. The second kappa shape index (κ2) is 4.71. The molecule has 0 spiro atoms. The Morgan fingerprint density at radius 3 is 2.50 bits per heavy atom. The third kappa shape index (κ3) is 2.23. The summed E-state index contributed by atoms with van der Waals surface area (Å²) >= 11 is 0. The SMILES string of the molecule is C=C1CC[C@H]2[C@@H]3[C@@H](CC[C@H]3O[Si](C)(C)C(C)(C)C)C[C@@H]12. The van der Waals surface area contributed by atoms with Crippen molar-refractivity contribution in [3.63, 3.8) is 0 Å². The monoisotopic (exact) mass is 292 g/mol. The number of fused-ring (bicyclic) bond motifs is 3. The van der Waals surface area contributed by atoms with E-state index >= 15 is 0 Å². The Labute approximate surface area is 126 Å². The van der Waals surface area contributed by atoms with E-state index in [1.807, 2.05) is 0 Å². The molecule has 0 bridgehead atoms. The van der Waals surface area contributed by atoms with Crippen LogP contribution < -0.4 is 0 Å². The molecule has 20 heavy (non-hydrogen) atoms. The van der Waals surface area contributed by atoms with Gasteiger partial charge in [-0.2, -0.15) is 0 Å². The van der Waals surface area contributed by atoms with E-state index in [4.69, 9.17) is 4.43 Å². The van der Waals surface area contributed by atoms with Crippen LogP contribution in [-0.2, 0) is 4.43 Å². The molecular formula is C18H32OSi. The molecule has 0 aromatic heterocycles. The normalized spacial score (nSPS) is 41.0. The average molecular weight is 293 g/mol. The molecule has 0 saturated heterocycles. The van der Waals surface area contributed by atoms with Crippen LogP contribution in [0.5, 0.6) is 0 Å². The first-order chi connectivity index (χ1) is 9.21. The van der Waals surface area contributed by atoms with Crippen molar-refractivity contribution in [3.8, 4) is 0 Å². The molecular weight excluding hydrogens is 260 g/mol. The van der Waals surface area contributed by atoms with Gasteiger partial charge in [0.2, 0.25) is 0 Å². The summed E-state index contributed by atoms with van der Waals surface area (Å²) in [6.07, 6.45) is 7.38. The lowest BCUT2D eigenvalue weighted by atomic mass is 9.88.